The Morgan fingerprint density at radius 2 is 2.22 bits per heavy atom. The molecule has 0 radical (unpaired) electrons. The maximum atomic E-state index is 5.52. The van der Waals surface area contributed by atoms with Crippen LogP contribution in [0.1, 0.15) is 0 Å². The number of pyridine rings is 2. The van der Waals surface area contributed by atoms with Crippen LogP contribution in [0.15, 0.2) is 29.0 Å². The molecule has 2 heterocycles. The van der Waals surface area contributed by atoms with Crippen LogP contribution < -0.4 is 5.32 Å². The number of ether oxygens (including phenoxy) is 1. The van der Waals surface area contributed by atoms with E-state index in [1.807, 2.05) is 12.1 Å². The Kier molecular flexibility index (Phi) is 5.16. The van der Waals surface area contributed by atoms with Gasteiger partial charge in [-0.25, -0.2) is 0 Å². The monoisotopic (exact) mass is 329 g/mol. The zero-order valence-corrected chi connectivity index (χ0v) is 12.0. The first-order valence-electron chi connectivity index (χ1n) is 5.59. The van der Waals surface area contributed by atoms with Crippen molar-refractivity contribution in [1.29, 1.82) is 0 Å². The number of rotatable bonds is 6. The lowest BCUT2D eigenvalue weighted by Gasteiger charge is -2.08. The molecule has 0 spiro atoms. The maximum absolute atomic E-state index is 5.52. The molecule has 2 rings (SSSR count). The molecular formula is C12H13BrClN3O. The van der Waals surface area contributed by atoms with Crippen molar-refractivity contribution < 1.29 is 4.74 Å². The molecule has 2 aromatic heterocycles. The van der Waals surface area contributed by atoms with Gasteiger partial charge >= 0.3 is 0 Å². The Hall–Kier alpha value is -0.910. The minimum Gasteiger partial charge on any atom is -0.381 e. The second-order valence-corrected chi connectivity index (χ2v) is 4.90. The average molecular weight is 331 g/mol. The van der Waals surface area contributed by atoms with Gasteiger partial charge in [-0.3, -0.25) is 9.97 Å². The van der Waals surface area contributed by atoms with E-state index >= 15 is 0 Å². The molecule has 0 saturated carbocycles. The molecule has 0 aliphatic carbocycles. The molecule has 1 N–H and O–H groups in total. The standard InChI is InChI=1S/C12H13BrClN3O/c13-9-7-11-12(17-8-9)10(1-3-15-11)16-4-6-18-5-2-14/h1,3,7-8H,2,4-6H2,(H,15,16). The Morgan fingerprint density at radius 1 is 1.33 bits per heavy atom. The fourth-order valence-corrected chi connectivity index (χ4v) is 1.99. The summed E-state index contributed by atoms with van der Waals surface area (Å²) >= 11 is 8.90. The third-order valence-electron chi connectivity index (χ3n) is 2.33. The summed E-state index contributed by atoms with van der Waals surface area (Å²) in [7, 11) is 0. The number of hydrogen-bond acceptors (Lipinski definition) is 4. The summed E-state index contributed by atoms with van der Waals surface area (Å²) in [5.74, 6) is 0.522. The van der Waals surface area contributed by atoms with Crippen molar-refractivity contribution in [2.45, 2.75) is 0 Å². The van der Waals surface area contributed by atoms with Crippen molar-refractivity contribution in [2.24, 2.45) is 0 Å². The van der Waals surface area contributed by atoms with E-state index in [9.17, 15) is 0 Å². The van der Waals surface area contributed by atoms with E-state index in [1.165, 1.54) is 0 Å². The Bertz CT molecular complexity index is 524. The highest BCUT2D eigenvalue weighted by Gasteiger charge is 2.03. The van der Waals surface area contributed by atoms with E-state index in [4.69, 9.17) is 16.3 Å². The topological polar surface area (TPSA) is 47.0 Å². The Labute approximate surface area is 119 Å². The van der Waals surface area contributed by atoms with Crippen molar-refractivity contribution in [3.05, 3.63) is 29.0 Å². The predicted molar refractivity (Wildman–Crippen MR) is 77.3 cm³/mol. The van der Waals surface area contributed by atoms with Crippen LogP contribution in [-0.4, -0.2) is 35.6 Å². The molecule has 4 nitrogen and oxygen atoms in total. The first-order valence-corrected chi connectivity index (χ1v) is 6.92. The van der Waals surface area contributed by atoms with E-state index in [1.54, 1.807) is 12.4 Å². The number of aromatic nitrogens is 2. The van der Waals surface area contributed by atoms with Gasteiger partial charge in [0.25, 0.3) is 0 Å². The normalized spacial score (nSPS) is 10.8. The molecule has 0 unspecified atom stereocenters. The molecule has 0 aliphatic heterocycles. The van der Waals surface area contributed by atoms with Crippen LogP contribution in [0.5, 0.6) is 0 Å². The zero-order chi connectivity index (χ0) is 12.8. The van der Waals surface area contributed by atoms with Gasteiger partial charge in [0.1, 0.15) is 5.52 Å². The Morgan fingerprint density at radius 3 is 3.06 bits per heavy atom. The number of hydrogen-bond donors (Lipinski definition) is 1. The fourth-order valence-electron chi connectivity index (χ4n) is 1.56. The largest absolute Gasteiger partial charge is 0.381 e. The van der Waals surface area contributed by atoms with Crippen molar-refractivity contribution in [3.8, 4) is 0 Å². The molecule has 96 valence electrons. The average Bonchev–Trinajstić information content (AvgIpc) is 2.38. The van der Waals surface area contributed by atoms with Crippen molar-refractivity contribution in [1.82, 2.24) is 9.97 Å². The highest BCUT2D eigenvalue weighted by atomic mass is 79.9. The first-order chi connectivity index (χ1) is 8.81. The third-order valence-corrected chi connectivity index (χ3v) is 2.92. The number of halogens is 2. The quantitative estimate of drug-likeness (QED) is 0.653. The number of alkyl halides is 1. The summed E-state index contributed by atoms with van der Waals surface area (Å²) in [5, 5.41) is 3.28. The molecule has 0 bridgehead atoms. The van der Waals surface area contributed by atoms with E-state index in [2.05, 4.69) is 31.2 Å². The zero-order valence-electron chi connectivity index (χ0n) is 9.70. The van der Waals surface area contributed by atoms with E-state index in [0.717, 1.165) is 21.2 Å². The SMILES string of the molecule is ClCCOCCNc1ccnc2cc(Br)cnc12. The van der Waals surface area contributed by atoms with Gasteiger partial charge in [0, 0.05) is 29.3 Å². The van der Waals surface area contributed by atoms with Crippen LogP contribution in [0.2, 0.25) is 0 Å². The summed E-state index contributed by atoms with van der Waals surface area (Å²) in [4.78, 5) is 8.64. The lowest BCUT2D eigenvalue weighted by atomic mass is 10.3. The van der Waals surface area contributed by atoms with Crippen LogP contribution in [0, 0.1) is 0 Å². The van der Waals surface area contributed by atoms with Gasteiger partial charge in [-0.2, -0.15) is 0 Å². The van der Waals surface area contributed by atoms with E-state index in [-0.39, 0.29) is 0 Å². The van der Waals surface area contributed by atoms with Gasteiger partial charge < -0.3 is 10.1 Å². The van der Waals surface area contributed by atoms with Gasteiger partial charge in [-0.15, -0.1) is 11.6 Å². The molecule has 0 amide bonds. The van der Waals surface area contributed by atoms with Gasteiger partial charge in [0.15, 0.2) is 0 Å². The van der Waals surface area contributed by atoms with Gasteiger partial charge in [-0.05, 0) is 28.1 Å². The first kappa shape index (κ1) is 13.5. The van der Waals surface area contributed by atoms with Crippen molar-refractivity contribution in [2.75, 3.05) is 31.0 Å². The van der Waals surface area contributed by atoms with E-state index < -0.39 is 0 Å². The molecular weight excluding hydrogens is 318 g/mol. The summed E-state index contributed by atoms with van der Waals surface area (Å²) < 4.78 is 6.22. The van der Waals surface area contributed by atoms with Crippen LogP contribution in [-0.2, 0) is 4.74 Å². The Balaban J connectivity index is 2.04. The van der Waals surface area contributed by atoms with E-state index in [0.29, 0.717) is 25.6 Å². The minimum atomic E-state index is 0.522. The van der Waals surface area contributed by atoms with Crippen molar-refractivity contribution >= 4 is 44.3 Å². The second kappa shape index (κ2) is 6.87. The van der Waals surface area contributed by atoms with Crippen LogP contribution in [0.25, 0.3) is 11.0 Å². The maximum Gasteiger partial charge on any atom is 0.112 e. The number of anilines is 1. The van der Waals surface area contributed by atoms with Gasteiger partial charge in [0.05, 0.1) is 24.4 Å². The molecule has 0 aromatic carbocycles. The minimum absolute atomic E-state index is 0.522. The molecule has 0 aliphatic rings. The van der Waals surface area contributed by atoms with Crippen molar-refractivity contribution in [3.63, 3.8) is 0 Å². The third kappa shape index (κ3) is 3.54. The lowest BCUT2D eigenvalue weighted by Crippen LogP contribution is -2.11. The fraction of sp³-hybridized carbons (Fsp3) is 0.333. The van der Waals surface area contributed by atoms with Crippen LogP contribution >= 0.6 is 27.5 Å². The molecule has 0 saturated heterocycles. The number of nitrogens with one attached hydrogen (secondary N) is 1. The number of nitrogens with zero attached hydrogens (tertiary/aromatic N) is 2. The molecule has 6 heteroatoms. The highest BCUT2D eigenvalue weighted by molar-refractivity contribution is 9.10. The number of fused-ring (bicyclic) bond motifs is 1. The lowest BCUT2D eigenvalue weighted by molar-refractivity contribution is 0.160. The molecule has 0 fully saturated rings. The van der Waals surface area contributed by atoms with Crippen LogP contribution in [0.4, 0.5) is 5.69 Å². The smallest absolute Gasteiger partial charge is 0.112 e. The molecule has 18 heavy (non-hydrogen) atoms. The van der Waals surface area contributed by atoms with Gasteiger partial charge in [-0.1, -0.05) is 0 Å². The highest BCUT2D eigenvalue weighted by Crippen LogP contribution is 2.21. The second-order valence-electron chi connectivity index (χ2n) is 3.61. The van der Waals surface area contributed by atoms with Gasteiger partial charge in [0.2, 0.25) is 0 Å². The summed E-state index contributed by atoms with van der Waals surface area (Å²) in [6.45, 7) is 1.91. The predicted octanol–water partition coefficient (Wildman–Crippen LogP) is 3.06. The van der Waals surface area contributed by atoms with Crippen LogP contribution in [0.3, 0.4) is 0 Å². The summed E-state index contributed by atoms with van der Waals surface area (Å²) in [6, 6.07) is 3.85. The molecule has 0 atom stereocenters. The summed E-state index contributed by atoms with van der Waals surface area (Å²) in [6.07, 6.45) is 3.53. The summed E-state index contributed by atoms with van der Waals surface area (Å²) in [5.41, 5.74) is 2.68. The molecule has 2 aromatic rings.